The molecular weight excluding hydrogens is 245 g/mol. The first kappa shape index (κ1) is 13.5. The maximum Gasteiger partial charge on any atom is 0.150 e. The zero-order chi connectivity index (χ0) is 13.7. The monoisotopic (exact) mass is 261 g/mol. The summed E-state index contributed by atoms with van der Waals surface area (Å²) < 4.78 is 13.3. The molecule has 0 aliphatic heterocycles. The second-order valence-electron chi connectivity index (χ2n) is 4.77. The lowest BCUT2D eigenvalue weighted by Gasteiger charge is -2.27. The molecule has 100 valence electrons. The van der Waals surface area contributed by atoms with Crippen LogP contribution in [0.3, 0.4) is 0 Å². The molecular formula is C14H16FN3O. The van der Waals surface area contributed by atoms with E-state index in [1.165, 1.54) is 18.6 Å². The van der Waals surface area contributed by atoms with Crippen LogP contribution in [-0.4, -0.2) is 21.9 Å². The number of oxime groups is 1. The second kappa shape index (κ2) is 5.81. The van der Waals surface area contributed by atoms with E-state index < -0.39 is 11.4 Å². The van der Waals surface area contributed by atoms with Crippen molar-refractivity contribution in [2.75, 3.05) is 0 Å². The van der Waals surface area contributed by atoms with Gasteiger partial charge in [0.1, 0.15) is 11.4 Å². The largest absolute Gasteiger partial charge is 0.411 e. The molecule has 1 aliphatic rings. The molecule has 0 spiro atoms. The molecule has 0 amide bonds. The standard InChI is InChI=1S/C14H16FN3O/c15-12-5-4-11(18-13(12)10-17-19)6-9-14(16)7-2-1-3-8-14/h4-5,10,19H,1-3,7-8,16H2/b17-10+. The number of nitrogens with zero attached hydrogens (tertiary/aromatic N) is 2. The maximum atomic E-state index is 13.3. The highest BCUT2D eigenvalue weighted by Crippen LogP contribution is 2.25. The van der Waals surface area contributed by atoms with Crippen LogP contribution in [0, 0.1) is 17.7 Å². The van der Waals surface area contributed by atoms with Crippen molar-refractivity contribution in [3.05, 3.63) is 29.3 Å². The predicted octanol–water partition coefficient (Wildman–Crippen LogP) is 2.04. The fraction of sp³-hybridized carbons (Fsp3) is 0.429. The molecule has 1 heterocycles. The smallest absolute Gasteiger partial charge is 0.150 e. The van der Waals surface area contributed by atoms with E-state index in [4.69, 9.17) is 10.9 Å². The van der Waals surface area contributed by atoms with Crippen LogP contribution in [0.4, 0.5) is 4.39 Å². The average molecular weight is 261 g/mol. The molecule has 0 aromatic carbocycles. The Bertz CT molecular complexity index is 539. The van der Waals surface area contributed by atoms with E-state index in [0.717, 1.165) is 31.9 Å². The summed E-state index contributed by atoms with van der Waals surface area (Å²) in [6, 6.07) is 2.74. The summed E-state index contributed by atoms with van der Waals surface area (Å²) in [5.41, 5.74) is 6.12. The van der Waals surface area contributed by atoms with Crippen LogP contribution in [0.25, 0.3) is 0 Å². The van der Waals surface area contributed by atoms with Gasteiger partial charge in [-0.3, -0.25) is 0 Å². The Balaban J connectivity index is 2.22. The van der Waals surface area contributed by atoms with E-state index in [0.29, 0.717) is 5.69 Å². The Morgan fingerprint density at radius 1 is 1.37 bits per heavy atom. The molecule has 1 saturated carbocycles. The van der Waals surface area contributed by atoms with Crippen molar-refractivity contribution in [3.8, 4) is 11.8 Å². The van der Waals surface area contributed by atoms with Gasteiger partial charge in [0.25, 0.3) is 0 Å². The minimum absolute atomic E-state index is 0.0379. The summed E-state index contributed by atoms with van der Waals surface area (Å²) in [6.07, 6.45) is 6.08. The van der Waals surface area contributed by atoms with Crippen molar-refractivity contribution in [3.63, 3.8) is 0 Å². The zero-order valence-corrected chi connectivity index (χ0v) is 10.6. The van der Waals surface area contributed by atoms with E-state index in [9.17, 15) is 4.39 Å². The molecule has 0 atom stereocenters. The third kappa shape index (κ3) is 3.52. The summed E-state index contributed by atoms with van der Waals surface area (Å²) in [5.74, 6) is 5.37. The molecule has 1 aliphatic carbocycles. The minimum atomic E-state index is -0.552. The normalized spacial score (nSPS) is 18.0. The van der Waals surface area contributed by atoms with Gasteiger partial charge in [0, 0.05) is 0 Å². The summed E-state index contributed by atoms with van der Waals surface area (Å²) in [4.78, 5) is 3.96. The van der Waals surface area contributed by atoms with Gasteiger partial charge < -0.3 is 10.9 Å². The third-order valence-electron chi connectivity index (χ3n) is 3.24. The van der Waals surface area contributed by atoms with E-state index in [-0.39, 0.29) is 5.69 Å². The van der Waals surface area contributed by atoms with Gasteiger partial charge in [0.05, 0.1) is 11.8 Å². The quantitative estimate of drug-likeness (QED) is 0.352. The Kier molecular flexibility index (Phi) is 4.13. The van der Waals surface area contributed by atoms with Gasteiger partial charge in [-0.2, -0.15) is 0 Å². The molecule has 3 N–H and O–H groups in total. The first-order valence-electron chi connectivity index (χ1n) is 6.29. The van der Waals surface area contributed by atoms with Gasteiger partial charge in [0.2, 0.25) is 0 Å². The highest BCUT2D eigenvalue weighted by atomic mass is 19.1. The zero-order valence-electron chi connectivity index (χ0n) is 10.6. The van der Waals surface area contributed by atoms with Crippen LogP contribution in [0.15, 0.2) is 17.3 Å². The molecule has 1 aromatic rings. The maximum absolute atomic E-state index is 13.3. The van der Waals surface area contributed by atoms with Crippen LogP contribution >= 0.6 is 0 Å². The van der Waals surface area contributed by atoms with Crippen molar-refractivity contribution in [1.29, 1.82) is 0 Å². The summed E-state index contributed by atoms with van der Waals surface area (Å²) in [5, 5.41) is 11.2. The number of nitrogens with two attached hydrogens (primary N) is 1. The summed E-state index contributed by atoms with van der Waals surface area (Å²) >= 11 is 0. The van der Waals surface area contributed by atoms with Gasteiger partial charge in [-0.25, -0.2) is 9.37 Å². The first-order chi connectivity index (χ1) is 9.13. The van der Waals surface area contributed by atoms with Crippen molar-refractivity contribution in [2.45, 2.75) is 37.6 Å². The molecule has 0 unspecified atom stereocenters. The minimum Gasteiger partial charge on any atom is -0.411 e. The van der Waals surface area contributed by atoms with Crippen molar-refractivity contribution in [1.82, 2.24) is 4.98 Å². The molecule has 19 heavy (non-hydrogen) atoms. The van der Waals surface area contributed by atoms with E-state index in [2.05, 4.69) is 22.0 Å². The molecule has 1 fully saturated rings. The van der Waals surface area contributed by atoms with Crippen LogP contribution in [0.1, 0.15) is 43.5 Å². The van der Waals surface area contributed by atoms with Crippen LogP contribution < -0.4 is 5.73 Å². The fourth-order valence-electron chi connectivity index (χ4n) is 2.17. The highest BCUT2D eigenvalue weighted by molar-refractivity contribution is 5.76. The number of halogens is 1. The number of hydrogen-bond acceptors (Lipinski definition) is 4. The summed E-state index contributed by atoms with van der Waals surface area (Å²) in [6.45, 7) is 0. The Morgan fingerprint density at radius 3 is 2.79 bits per heavy atom. The molecule has 0 saturated heterocycles. The van der Waals surface area contributed by atoms with Gasteiger partial charge >= 0.3 is 0 Å². The lowest BCUT2D eigenvalue weighted by atomic mass is 9.83. The van der Waals surface area contributed by atoms with E-state index in [1.54, 1.807) is 0 Å². The van der Waals surface area contributed by atoms with Gasteiger partial charge in [-0.1, -0.05) is 30.3 Å². The molecule has 2 rings (SSSR count). The Morgan fingerprint density at radius 2 is 2.11 bits per heavy atom. The average Bonchev–Trinajstić information content (AvgIpc) is 2.41. The first-order valence-corrected chi connectivity index (χ1v) is 6.29. The molecule has 0 bridgehead atoms. The topological polar surface area (TPSA) is 71.5 Å². The van der Waals surface area contributed by atoms with Crippen LogP contribution in [0.2, 0.25) is 0 Å². The molecule has 1 aromatic heterocycles. The van der Waals surface area contributed by atoms with Crippen molar-refractivity contribution in [2.24, 2.45) is 10.9 Å². The third-order valence-corrected chi connectivity index (χ3v) is 3.24. The highest BCUT2D eigenvalue weighted by Gasteiger charge is 2.24. The van der Waals surface area contributed by atoms with Gasteiger partial charge in [-0.15, -0.1) is 0 Å². The van der Waals surface area contributed by atoms with E-state index in [1.807, 2.05) is 0 Å². The fourth-order valence-corrected chi connectivity index (χ4v) is 2.17. The number of pyridine rings is 1. The Hall–Kier alpha value is -1.93. The van der Waals surface area contributed by atoms with Gasteiger partial charge in [0.15, 0.2) is 5.82 Å². The van der Waals surface area contributed by atoms with E-state index >= 15 is 0 Å². The van der Waals surface area contributed by atoms with Crippen molar-refractivity contribution < 1.29 is 9.60 Å². The van der Waals surface area contributed by atoms with Crippen LogP contribution in [-0.2, 0) is 0 Å². The second-order valence-corrected chi connectivity index (χ2v) is 4.77. The molecule has 4 nitrogen and oxygen atoms in total. The predicted molar refractivity (Wildman–Crippen MR) is 70.5 cm³/mol. The SMILES string of the molecule is NC1(C#Cc2ccc(F)c(/C=N/O)n2)CCCCC1. The lowest BCUT2D eigenvalue weighted by molar-refractivity contribution is 0.321. The molecule has 0 radical (unpaired) electrons. The number of rotatable bonds is 1. The number of aromatic nitrogens is 1. The van der Waals surface area contributed by atoms with Gasteiger partial charge in [-0.05, 0) is 30.9 Å². The lowest BCUT2D eigenvalue weighted by Crippen LogP contribution is -2.40. The summed E-state index contributed by atoms with van der Waals surface area (Å²) in [7, 11) is 0. The van der Waals surface area contributed by atoms with Crippen molar-refractivity contribution >= 4 is 6.21 Å². The molecule has 5 heteroatoms. The number of hydrogen-bond donors (Lipinski definition) is 2. The van der Waals surface area contributed by atoms with Crippen LogP contribution in [0.5, 0.6) is 0 Å². The Labute approximate surface area is 111 Å².